The summed E-state index contributed by atoms with van der Waals surface area (Å²) < 4.78 is 29.0. The van der Waals surface area contributed by atoms with Gasteiger partial charge in [-0.1, -0.05) is 30.7 Å². The van der Waals surface area contributed by atoms with Crippen LogP contribution in [0.15, 0.2) is 53.4 Å². The van der Waals surface area contributed by atoms with E-state index in [4.69, 9.17) is 16.3 Å². The fourth-order valence-corrected chi connectivity index (χ4v) is 4.66. The summed E-state index contributed by atoms with van der Waals surface area (Å²) in [6.07, 6.45) is 1.95. The molecule has 0 aromatic heterocycles. The highest BCUT2D eigenvalue weighted by Crippen LogP contribution is 2.27. The minimum atomic E-state index is -3.20. The van der Waals surface area contributed by atoms with Gasteiger partial charge in [-0.25, -0.2) is 8.42 Å². The Hall–Kier alpha value is -1.60. The number of nitrogens with zero attached hydrogens (tertiary/aromatic N) is 1. The molecule has 1 N–H and O–H groups in total. The lowest BCUT2D eigenvalue weighted by molar-refractivity contribution is 0.136. The number of aliphatic hydroxyl groups is 1. The van der Waals surface area contributed by atoms with E-state index < -0.39 is 9.84 Å². The van der Waals surface area contributed by atoms with E-state index in [1.807, 2.05) is 24.3 Å². The number of hydrogen-bond donors (Lipinski definition) is 1. The van der Waals surface area contributed by atoms with Gasteiger partial charge in [0.2, 0.25) is 0 Å². The Morgan fingerprint density at radius 2 is 1.93 bits per heavy atom. The first kappa shape index (κ1) is 22.1. The van der Waals surface area contributed by atoms with Crippen molar-refractivity contribution in [3.05, 3.63) is 59.1 Å². The molecule has 1 fully saturated rings. The van der Waals surface area contributed by atoms with E-state index in [2.05, 4.69) is 11.8 Å². The van der Waals surface area contributed by atoms with Crippen LogP contribution in [0.2, 0.25) is 5.02 Å². The Morgan fingerprint density at radius 1 is 1.21 bits per heavy atom. The minimum absolute atomic E-state index is 0.0509. The molecule has 0 amide bonds. The molecule has 1 heterocycles. The zero-order valence-corrected chi connectivity index (χ0v) is 18.4. The Labute approximate surface area is 178 Å². The van der Waals surface area contributed by atoms with E-state index in [1.54, 1.807) is 24.3 Å². The summed E-state index contributed by atoms with van der Waals surface area (Å²) in [6, 6.07) is 14.4. The third kappa shape index (κ3) is 5.95. The molecular weight excluding hydrogens is 410 g/mol. The molecule has 0 radical (unpaired) electrons. The molecule has 3 atom stereocenters. The summed E-state index contributed by atoms with van der Waals surface area (Å²) in [6.45, 7) is 4.63. The Morgan fingerprint density at radius 3 is 2.55 bits per heavy atom. The first-order chi connectivity index (χ1) is 13.8. The van der Waals surface area contributed by atoms with Crippen LogP contribution in [0.4, 0.5) is 0 Å². The molecule has 2 aromatic rings. The van der Waals surface area contributed by atoms with Gasteiger partial charge in [-0.05, 0) is 54.3 Å². The smallest absolute Gasteiger partial charge is 0.175 e. The first-order valence-electron chi connectivity index (χ1n) is 9.78. The molecule has 158 valence electrons. The zero-order chi connectivity index (χ0) is 21.0. The lowest BCUT2D eigenvalue weighted by Gasteiger charge is -2.26. The van der Waals surface area contributed by atoms with Crippen molar-refractivity contribution in [3.8, 4) is 5.75 Å². The number of sulfone groups is 1. The van der Waals surface area contributed by atoms with Crippen LogP contribution < -0.4 is 4.74 Å². The van der Waals surface area contributed by atoms with Gasteiger partial charge in [-0.2, -0.15) is 0 Å². The average molecular weight is 438 g/mol. The summed E-state index contributed by atoms with van der Waals surface area (Å²) >= 11 is 6.09. The number of benzene rings is 2. The van der Waals surface area contributed by atoms with E-state index in [-0.39, 0.29) is 17.5 Å². The van der Waals surface area contributed by atoms with Gasteiger partial charge in [0.05, 0.1) is 18.1 Å². The van der Waals surface area contributed by atoms with Crippen molar-refractivity contribution in [1.82, 2.24) is 4.90 Å². The van der Waals surface area contributed by atoms with Crippen LogP contribution in [0.5, 0.6) is 5.75 Å². The Balaban J connectivity index is 1.57. The zero-order valence-electron chi connectivity index (χ0n) is 16.8. The number of halogens is 1. The lowest BCUT2D eigenvalue weighted by atomic mass is 9.99. The van der Waals surface area contributed by atoms with Crippen LogP contribution in [0, 0.1) is 11.8 Å². The predicted octanol–water partition coefficient (Wildman–Crippen LogP) is 3.29. The van der Waals surface area contributed by atoms with Crippen molar-refractivity contribution in [2.75, 3.05) is 32.6 Å². The molecule has 2 aromatic carbocycles. The van der Waals surface area contributed by atoms with Crippen LogP contribution in [-0.4, -0.2) is 57.0 Å². The highest BCUT2D eigenvalue weighted by Gasteiger charge is 2.33. The van der Waals surface area contributed by atoms with E-state index in [0.717, 1.165) is 25.1 Å². The molecule has 5 nitrogen and oxygen atoms in total. The third-order valence-corrected chi connectivity index (χ3v) is 6.96. The first-order valence-corrected chi connectivity index (χ1v) is 12.1. The van der Waals surface area contributed by atoms with E-state index in [9.17, 15) is 13.5 Å². The van der Waals surface area contributed by atoms with Crippen molar-refractivity contribution in [2.24, 2.45) is 11.8 Å². The predicted molar refractivity (Wildman–Crippen MR) is 115 cm³/mol. The maximum atomic E-state index is 11.6. The SMILES string of the molecule is C[C@@H]1CN(C(CO)Cc2cccc(Cl)c2)C[C@H]1COc1ccc(S(C)(=O)=O)cc1. The standard InChI is InChI=1S/C22H28ClNO4S/c1-16-12-24(20(14-25)11-17-4-3-5-19(23)10-17)13-18(16)15-28-21-6-8-22(9-7-21)29(2,26)27/h3-10,16,18,20,25H,11-15H2,1-2H3/t16-,18+,20?/m1/s1. The van der Waals surface area contributed by atoms with Gasteiger partial charge in [0.1, 0.15) is 5.75 Å². The third-order valence-electron chi connectivity index (χ3n) is 5.60. The maximum absolute atomic E-state index is 11.6. The van der Waals surface area contributed by atoms with E-state index >= 15 is 0 Å². The molecular formula is C22H28ClNO4S. The number of likely N-dealkylation sites (tertiary alicyclic amines) is 1. The van der Waals surface area contributed by atoms with Crippen molar-refractivity contribution in [2.45, 2.75) is 24.3 Å². The molecule has 1 aliphatic rings. The average Bonchev–Trinajstić information content (AvgIpc) is 3.04. The lowest BCUT2D eigenvalue weighted by Crippen LogP contribution is -2.38. The largest absolute Gasteiger partial charge is 0.493 e. The molecule has 7 heteroatoms. The van der Waals surface area contributed by atoms with Crippen LogP contribution in [0.1, 0.15) is 12.5 Å². The summed E-state index contributed by atoms with van der Waals surface area (Å²) in [4.78, 5) is 2.61. The fraction of sp³-hybridized carbons (Fsp3) is 0.455. The molecule has 0 aliphatic carbocycles. The normalized spacial score (nSPS) is 21.2. The van der Waals surface area contributed by atoms with Crippen LogP contribution in [-0.2, 0) is 16.3 Å². The molecule has 3 rings (SSSR count). The topological polar surface area (TPSA) is 66.8 Å². The van der Waals surface area contributed by atoms with Crippen LogP contribution in [0.25, 0.3) is 0 Å². The van der Waals surface area contributed by atoms with Gasteiger partial charge < -0.3 is 9.84 Å². The second-order valence-electron chi connectivity index (χ2n) is 7.92. The molecule has 0 saturated carbocycles. The summed E-state index contributed by atoms with van der Waals surface area (Å²) in [5.41, 5.74) is 1.12. The molecule has 1 aliphatic heterocycles. The maximum Gasteiger partial charge on any atom is 0.175 e. The number of hydrogen-bond acceptors (Lipinski definition) is 5. The van der Waals surface area contributed by atoms with E-state index in [1.165, 1.54) is 6.26 Å². The highest BCUT2D eigenvalue weighted by atomic mass is 35.5. The highest BCUT2D eigenvalue weighted by molar-refractivity contribution is 7.90. The van der Waals surface area contributed by atoms with E-state index in [0.29, 0.717) is 29.2 Å². The van der Waals surface area contributed by atoms with Crippen molar-refractivity contribution >= 4 is 21.4 Å². The molecule has 1 saturated heterocycles. The van der Waals surface area contributed by atoms with Crippen molar-refractivity contribution in [3.63, 3.8) is 0 Å². The van der Waals surface area contributed by atoms with Gasteiger partial charge in [-0.15, -0.1) is 0 Å². The van der Waals surface area contributed by atoms with Gasteiger partial charge in [-0.3, -0.25) is 4.90 Å². The number of aliphatic hydroxyl groups excluding tert-OH is 1. The van der Waals surface area contributed by atoms with Gasteiger partial charge >= 0.3 is 0 Å². The summed E-state index contributed by atoms with van der Waals surface area (Å²) in [7, 11) is -3.20. The molecule has 0 spiro atoms. The van der Waals surface area contributed by atoms with Crippen LogP contribution >= 0.6 is 11.6 Å². The minimum Gasteiger partial charge on any atom is -0.493 e. The number of rotatable bonds is 8. The fourth-order valence-electron chi connectivity index (χ4n) is 3.82. The molecule has 29 heavy (non-hydrogen) atoms. The second-order valence-corrected chi connectivity index (χ2v) is 10.4. The monoisotopic (exact) mass is 437 g/mol. The van der Waals surface area contributed by atoms with Crippen LogP contribution in [0.3, 0.4) is 0 Å². The van der Waals surface area contributed by atoms with Crippen molar-refractivity contribution < 1.29 is 18.3 Å². The molecule has 0 bridgehead atoms. The quantitative estimate of drug-likeness (QED) is 0.686. The summed E-state index contributed by atoms with van der Waals surface area (Å²) in [5.74, 6) is 1.46. The molecule has 1 unspecified atom stereocenters. The van der Waals surface area contributed by atoms with Crippen molar-refractivity contribution in [1.29, 1.82) is 0 Å². The summed E-state index contributed by atoms with van der Waals surface area (Å²) in [5, 5.41) is 10.6. The van der Waals surface area contributed by atoms with Gasteiger partial charge in [0.25, 0.3) is 0 Å². The van der Waals surface area contributed by atoms with Gasteiger partial charge in [0.15, 0.2) is 9.84 Å². The Kier molecular flexibility index (Phi) is 7.22. The Bertz CT molecular complexity index is 917. The number of ether oxygens (including phenoxy) is 1. The second kappa shape index (κ2) is 9.47. The van der Waals surface area contributed by atoms with Gasteiger partial charge in [0, 0.05) is 36.3 Å².